The number of aromatic nitrogens is 6. The van der Waals surface area contributed by atoms with Crippen LogP contribution in [0, 0.1) is 0 Å². The SMILES string of the molecule is C[C@H]1Cc2nnc(COc3ccccn3)n2CCN1Cc1cnn(C)c1. The molecular weight excluding hydrogens is 330 g/mol. The van der Waals surface area contributed by atoms with Crippen molar-refractivity contribution in [2.75, 3.05) is 6.54 Å². The zero-order valence-corrected chi connectivity index (χ0v) is 15.1. The third-order valence-electron chi connectivity index (χ3n) is 4.75. The highest BCUT2D eigenvalue weighted by Crippen LogP contribution is 2.18. The number of fused-ring (bicyclic) bond motifs is 1. The van der Waals surface area contributed by atoms with Gasteiger partial charge in [0.25, 0.3) is 0 Å². The molecule has 0 saturated carbocycles. The minimum Gasteiger partial charge on any atom is -0.469 e. The van der Waals surface area contributed by atoms with Crippen molar-refractivity contribution in [3.05, 3.63) is 54.0 Å². The average molecular weight is 353 g/mol. The molecule has 3 aromatic rings. The number of ether oxygens (including phenoxy) is 1. The van der Waals surface area contributed by atoms with Crippen LogP contribution in [0.25, 0.3) is 0 Å². The van der Waals surface area contributed by atoms with E-state index in [2.05, 4.69) is 42.9 Å². The fourth-order valence-corrected chi connectivity index (χ4v) is 3.32. The Bertz CT molecular complexity index is 858. The van der Waals surface area contributed by atoms with Crippen LogP contribution in [0.4, 0.5) is 0 Å². The van der Waals surface area contributed by atoms with Crippen molar-refractivity contribution in [2.24, 2.45) is 7.05 Å². The largest absolute Gasteiger partial charge is 0.469 e. The molecule has 0 saturated heterocycles. The van der Waals surface area contributed by atoms with E-state index >= 15 is 0 Å². The summed E-state index contributed by atoms with van der Waals surface area (Å²) in [6, 6.07) is 6.02. The molecule has 0 radical (unpaired) electrons. The number of rotatable bonds is 5. The van der Waals surface area contributed by atoms with E-state index in [9.17, 15) is 0 Å². The minimum atomic E-state index is 0.376. The van der Waals surface area contributed by atoms with Gasteiger partial charge in [0.1, 0.15) is 12.4 Å². The van der Waals surface area contributed by atoms with Crippen molar-refractivity contribution in [1.29, 1.82) is 0 Å². The van der Waals surface area contributed by atoms with Crippen LogP contribution in [0.15, 0.2) is 36.8 Å². The number of nitrogens with zero attached hydrogens (tertiary/aromatic N) is 7. The van der Waals surface area contributed by atoms with Gasteiger partial charge in [0.15, 0.2) is 5.82 Å². The Labute approximate surface area is 152 Å². The molecule has 136 valence electrons. The number of hydrogen-bond donors (Lipinski definition) is 0. The number of aryl methyl sites for hydroxylation is 1. The van der Waals surface area contributed by atoms with Gasteiger partial charge in [-0.1, -0.05) is 6.07 Å². The summed E-state index contributed by atoms with van der Waals surface area (Å²) in [6.07, 6.45) is 6.60. The lowest BCUT2D eigenvalue weighted by atomic mass is 10.2. The molecule has 1 aliphatic heterocycles. The first-order valence-corrected chi connectivity index (χ1v) is 8.85. The molecule has 0 aromatic carbocycles. The van der Waals surface area contributed by atoms with E-state index in [0.29, 0.717) is 18.5 Å². The summed E-state index contributed by atoms with van der Waals surface area (Å²) >= 11 is 0. The van der Waals surface area contributed by atoms with Crippen molar-refractivity contribution in [3.8, 4) is 5.88 Å². The molecule has 3 aromatic heterocycles. The molecule has 0 amide bonds. The normalized spacial score (nSPS) is 17.7. The topological polar surface area (TPSA) is 73.9 Å². The maximum atomic E-state index is 5.75. The van der Waals surface area contributed by atoms with E-state index < -0.39 is 0 Å². The predicted molar refractivity (Wildman–Crippen MR) is 95.4 cm³/mol. The first-order valence-electron chi connectivity index (χ1n) is 8.85. The van der Waals surface area contributed by atoms with Gasteiger partial charge in [-0.2, -0.15) is 5.10 Å². The van der Waals surface area contributed by atoms with Gasteiger partial charge in [-0.05, 0) is 13.0 Å². The van der Waals surface area contributed by atoms with Crippen LogP contribution in [-0.4, -0.2) is 47.0 Å². The van der Waals surface area contributed by atoms with Crippen molar-refractivity contribution >= 4 is 0 Å². The molecule has 0 bridgehead atoms. The van der Waals surface area contributed by atoms with Crippen molar-refractivity contribution in [1.82, 2.24) is 34.4 Å². The van der Waals surface area contributed by atoms with Gasteiger partial charge in [0.05, 0.1) is 6.20 Å². The van der Waals surface area contributed by atoms with Gasteiger partial charge in [-0.3, -0.25) is 9.58 Å². The van der Waals surface area contributed by atoms with Crippen molar-refractivity contribution < 1.29 is 4.74 Å². The van der Waals surface area contributed by atoms with E-state index in [1.165, 1.54) is 5.56 Å². The van der Waals surface area contributed by atoms with Crippen LogP contribution in [-0.2, 0) is 33.2 Å². The molecule has 8 nitrogen and oxygen atoms in total. The molecule has 0 N–H and O–H groups in total. The second-order valence-corrected chi connectivity index (χ2v) is 6.69. The van der Waals surface area contributed by atoms with Crippen LogP contribution in [0.2, 0.25) is 0 Å². The van der Waals surface area contributed by atoms with Gasteiger partial charge in [-0.15, -0.1) is 10.2 Å². The summed E-state index contributed by atoms with van der Waals surface area (Å²) in [7, 11) is 1.95. The van der Waals surface area contributed by atoms with Crippen LogP contribution in [0.5, 0.6) is 5.88 Å². The van der Waals surface area contributed by atoms with Crippen LogP contribution < -0.4 is 4.74 Å². The third kappa shape index (κ3) is 3.60. The lowest BCUT2D eigenvalue weighted by Gasteiger charge is -2.25. The fraction of sp³-hybridized carbons (Fsp3) is 0.444. The second-order valence-electron chi connectivity index (χ2n) is 6.69. The van der Waals surface area contributed by atoms with E-state index in [1.807, 2.05) is 36.1 Å². The second kappa shape index (κ2) is 7.25. The highest BCUT2D eigenvalue weighted by Gasteiger charge is 2.24. The highest BCUT2D eigenvalue weighted by atomic mass is 16.5. The summed E-state index contributed by atoms with van der Waals surface area (Å²) in [6.45, 7) is 5.31. The van der Waals surface area contributed by atoms with Gasteiger partial charge in [-0.25, -0.2) is 4.98 Å². The Morgan fingerprint density at radius 3 is 2.92 bits per heavy atom. The summed E-state index contributed by atoms with van der Waals surface area (Å²) in [5.74, 6) is 2.47. The standard InChI is InChI=1S/C18H23N7O/c1-14-9-16-21-22-17(13-26-18-5-3-4-6-19-18)25(16)8-7-24(14)12-15-10-20-23(2)11-15/h3-6,10-11,14H,7-9,12-13H2,1-2H3/t14-/m0/s1. The van der Waals surface area contributed by atoms with Crippen molar-refractivity contribution in [2.45, 2.75) is 39.1 Å². The fourth-order valence-electron chi connectivity index (χ4n) is 3.32. The van der Waals surface area contributed by atoms with Gasteiger partial charge in [0, 0.05) is 63.2 Å². The molecule has 0 spiro atoms. The van der Waals surface area contributed by atoms with Gasteiger partial charge < -0.3 is 9.30 Å². The summed E-state index contributed by atoms with van der Waals surface area (Å²) < 4.78 is 9.78. The van der Waals surface area contributed by atoms with Gasteiger partial charge in [0.2, 0.25) is 5.88 Å². The lowest BCUT2D eigenvalue weighted by Crippen LogP contribution is -2.34. The zero-order chi connectivity index (χ0) is 17.9. The predicted octanol–water partition coefficient (Wildman–Crippen LogP) is 1.43. The van der Waals surface area contributed by atoms with Gasteiger partial charge >= 0.3 is 0 Å². The molecule has 4 heterocycles. The molecule has 1 aliphatic rings. The van der Waals surface area contributed by atoms with Crippen LogP contribution in [0.1, 0.15) is 24.1 Å². The first-order chi connectivity index (χ1) is 12.7. The molecule has 0 unspecified atom stereocenters. The monoisotopic (exact) mass is 353 g/mol. The Hall–Kier alpha value is -2.74. The molecule has 4 rings (SSSR count). The zero-order valence-electron chi connectivity index (χ0n) is 15.1. The molecule has 0 aliphatic carbocycles. The smallest absolute Gasteiger partial charge is 0.213 e. The molecule has 8 heteroatoms. The van der Waals surface area contributed by atoms with Crippen LogP contribution in [0.3, 0.4) is 0 Å². The molecule has 26 heavy (non-hydrogen) atoms. The van der Waals surface area contributed by atoms with E-state index in [1.54, 1.807) is 6.20 Å². The Morgan fingerprint density at radius 2 is 2.15 bits per heavy atom. The summed E-state index contributed by atoms with van der Waals surface area (Å²) in [5.41, 5.74) is 1.23. The highest BCUT2D eigenvalue weighted by molar-refractivity contribution is 5.10. The number of pyridine rings is 1. The quantitative estimate of drug-likeness (QED) is 0.691. The third-order valence-corrected chi connectivity index (χ3v) is 4.75. The summed E-state index contributed by atoms with van der Waals surface area (Å²) in [5, 5.41) is 13.0. The van der Waals surface area contributed by atoms with Crippen molar-refractivity contribution in [3.63, 3.8) is 0 Å². The Balaban J connectivity index is 1.44. The minimum absolute atomic E-state index is 0.376. The molecule has 1 atom stereocenters. The maximum Gasteiger partial charge on any atom is 0.213 e. The van der Waals surface area contributed by atoms with Crippen LogP contribution >= 0.6 is 0 Å². The molecular formula is C18H23N7O. The lowest BCUT2D eigenvalue weighted by molar-refractivity contribution is 0.201. The maximum absolute atomic E-state index is 5.75. The Kier molecular flexibility index (Phi) is 4.66. The van der Waals surface area contributed by atoms with E-state index in [4.69, 9.17) is 4.74 Å². The number of hydrogen-bond acceptors (Lipinski definition) is 6. The molecule has 0 fully saturated rings. The van der Waals surface area contributed by atoms with E-state index in [0.717, 1.165) is 37.7 Å². The van der Waals surface area contributed by atoms with E-state index in [-0.39, 0.29) is 0 Å². The first kappa shape index (κ1) is 16.7. The Morgan fingerprint density at radius 1 is 1.23 bits per heavy atom. The summed E-state index contributed by atoms with van der Waals surface area (Å²) in [4.78, 5) is 6.65. The average Bonchev–Trinajstić information content (AvgIpc) is 3.19.